The summed E-state index contributed by atoms with van der Waals surface area (Å²) in [5.74, 6) is 0.579. The third kappa shape index (κ3) is 3.16. The van der Waals surface area contributed by atoms with Crippen molar-refractivity contribution in [2.45, 2.75) is 53.0 Å². The second-order valence-corrected chi connectivity index (χ2v) is 7.29. The van der Waals surface area contributed by atoms with Gasteiger partial charge in [0.15, 0.2) is 5.89 Å². The second kappa shape index (κ2) is 6.68. The van der Waals surface area contributed by atoms with Crippen LogP contribution < -0.4 is 5.32 Å². The maximum Gasteiger partial charge on any atom is 0.289 e. The molecule has 1 aliphatic carbocycles. The van der Waals surface area contributed by atoms with Crippen molar-refractivity contribution < 1.29 is 9.21 Å². The van der Waals surface area contributed by atoms with Crippen molar-refractivity contribution in [3.05, 3.63) is 64.1 Å². The lowest BCUT2D eigenvalue weighted by Gasteiger charge is -2.24. The maximum atomic E-state index is 12.6. The lowest BCUT2D eigenvalue weighted by Crippen LogP contribution is -2.31. The van der Waals surface area contributed by atoms with Gasteiger partial charge in [-0.3, -0.25) is 4.79 Å². The van der Waals surface area contributed by atoms with E-state index in [1.54, 1.807) is 13.8 Å². The molecule has 1 unspecified atom stereocenters. The van der Waals surface area contributed by atoms with E-state index in [1.807, 2.05) is 10.9 Å². The first-order chi connectivity index (χ1) is 12.9. The lowest BCUT2D eigenvalue weighted by molar-refractivity contribution is 0.0902. The molecule has 2 heterocycles. The highest BCUT2D eigenvalue weighted by Crippen LogP contribution is 2.31. The highest BCUT2D eigenvalue weighted by Gasteiger charge is 2.28. The Morgan fingerprint density at radius 1 is 1.22 bits per heavy atom. The minimum atomic E-state index is -0.218. The molecule has 1 aromatic carbocycles. The third-order valence-corrected chi connectivity index (χ3v) is 5.33. The number of hydrogen-bond donors (Lipinski definition) is 1. The monoisotopic (exact) mass is 364 g/mol. The number of oxazole rings is 1. The van der Waals surface area contributed by atoms with Crippen molar-refractivity contribution in [2.24, 2.45) is 0 Å². The summed E-state index contributed by atoms with van der Waals surface area (Å²) in [6.07, 6.45) is 4.73. The van der Waals surface area contributed by atoms with Gasteiger partial charge in [0.1, 0.15) is 0 Å². The van der Waals surface area contributed by atoms with Crippen LogP contribution in [0.15, 0.2) is 28.8 Å². The second-order valence-electron chi connectivity index (χ2n) is 7.29. The Morgan fingerprint density at radius 3 is 2.74 bits per heavy atom. The summed E-state index contributed by atoms with van der Waals surface area (Å²) < 4.78 is 7.46. The predicted molar refractivity (Wildman–Crippen MR) is 102 cm³/mol. The molecule has 6 nitrogen and oxygen atoms in total. The van der Waals surface area contributed by atoms with Crippen LogP contribution in [0.4, 0.5) is 0 Å². The fourth-order valence-electron chi connectivity index (χ4n) is 3.75. The molecule has 1 N–H and O–H groups in total. The SMILES string of the molecule is Cc1nc(C)c(C(=O)NC2CCCc3c2cnn3-c2ccc(C)c(C)c2)o1. The zero-order chi connectivity index (χ0) is 19.1. The van der Waals surface area contributed by atoms with E-state index in [0.717, 1.165) is 30.5 Å². The zero-order valence-electron chi connectivity index (χ0n) is 16.2. The summed E-state index contributed by atoms with van der Waals surface area (Å²) in [7, 11) is 0. The van der Waals surface area contributed by atoms with Gasteiger partial charge in [0.05, 0.1) is 23.6 Å². The number of carbonyl (C=O) groups excluding carboxylic acids is 1. The van der Waals surface area contributed by atoms with Gasteiger partial charge in [-0.05, 0) is 63.3 Å². The van der Waals surface area contributed by atoms with Gasteiger partial charge in [0.25, 0.3) is 5.91 Å². The topological polar surface area (TPSA) is 73.0 Å². The van der Waals surface area contributed by atoms with Gasteiger partial charge in [-0.25, -0.2) is 9.67 Å². The lowest BCUT2D eigenvalue weighted by atomic mass is 9.92. The minimum Gasteiger partial charge on any atom is -0.436 e. The molecule has 1 atom stereocenters. The zero-order valence-corrected chi connectivity index (χ0v) is 16.2. The first-order valence-electron chi connectivity index (χ1n) is 9.33. The summed E-state index contributed by atoms with van der Waals surface area (Å²) in [5, 5.41) is 7.73. The van der Waals surface area contributed by atoms with Crippen LogP contribution in [0.2, 0.25) is 0 Å². The van der Waals surface area contributed by atoms with Crippen molar-refractivity contribution >= 4 is 5.91 Å². The maximum absolute atomic E-state index is 12.6. The number of rotatable bonds is 3. The average molecular weight is 364 g/mol. The number of hydrogen-bond acceptors (Lipinski definition) is 4. The molecule has 0 saturated heterocycles. The minimum absolute atomic E-state index is 0.0636. The van der Waals surface area contributed by atoms with Gasteiger partial charge in [-0.1, -0.05) is 6.07 Å². The Labute approximate surface area is 158 Å². The predicted octanol–water partition coefficient (Wildman–Crippen LogP) is 3.90. The van der Waals surface area contributed by atoms with E-state index in [2.05, 4.69) is 47.4 Å². The molecule has 0 saturated carbocycles. The van der Waals surface area contributed by atoms with Crippen LogP contribution in [0.25, 0.3) is 5.69 Å². The molecule has 140 valence electrons. The van der Waals surface area contributed by atoms with Gasteiger partial charge in [-0.15, -0.1) is 0 Å². The molecule has 3 aromatic rings. The van der Waals surface area contributed by atoms with Gasteiger partial charge in [0, 0.05) is 18.2 Å². The van der Waals surface area contributed by atoms with Crippen molar-refractivity contribution in [1.82, 2.24) is 20.1 Å². The Morgan fingerprint density at radius 2 is 2.04 bits per heavy atom. The Hall–Kier alpha value is -2.89. The summed E-state index contributed by atoms with van der Waals surface area (Å²) in [6, 6.07) is 6.31. The number of aromatic nitrogens is 3. The number of fused-ring (bicyclic) bond motifs is 1. The normalized spacial score (nSPS) is 16.2. The quantitative estimate of drug-likeness (QED) is 0.765. The molecule has 0 radical (unpaired) electrons. The first kappa shape index (κ1) is 17.5. The number of nitrogens with zero attached hydrogens (tertiary/aromatic N) is 3. The Bertz CT molecular complexity index is 1020. The molecule has 2 aromatic heterocycles. The van der Waals surface area contributed by atoms with Crippen LogP contribution in [0.1, 0.15) is 63.4 Å². The molecule has 1 amide bonds. The van der Waals surface area contributed by atoms with E-state index in [9.17, 15) is 4.79 Å². The fraction of sp³-hybridized carbons (Fsp3) is 0.381. The standard InChI is InChI=1S/C21H24N4O2/c1-12-8-9-16(10-13(12)2)25-19-7-5-6-18(17(19)11-22-25)24-21(26)20-14(3)23-15(4)27-20/h8-11,18H,5-7H2,1-4H3,(H,24,26). The number of amides is 1. The fourth-order valence-corrected chi connectivity index (χ4v) is 3.75. The van der Waals surface area contributed by atoms with Crippen molar-refractivity contribution in [1.29, 1.82) is 0 Å². The smallest absolute Gasteiger partial charge is 0.289 e. The van der Waals surface area contributed by atoms with Crippen LogP contribution in [0.3, 0.4) is 0 Å². The molecular weight excluding hydrogens is 340 g/mol. The summed E-state index contributed by atoms with van der Waals surface area (Å²) in [5.41, 5.74) is 6.44. The average Bonchev–Trinajstić information content (AvgIpc) is 3.21. The van der Waals surface area contributed by atoms with Gasteiger partial charge in [-0.2, -0.15) is 5.10 Å². The molecule has 0 bridgehead atoms. The van der Waals surface area contributed by atoms with E-state index in [1.165, 1.54) is 16.8 Å². The molecule has 0 spiro atoms. The molecule has 27 heavy (non-hydrogen) atoms. The molecule has 6 heteroatoms. The molecule has 1 aliphatic rings. The van der Waals surface area contributed by atoms with Crippen molar-refractivity contribution in [3.8, 4) is 5.69 Å². The van der Waals surface area contributed by atoms with E-state index >= 15 is 0 Å². The van der Waals surface area contributed by atoms with Crippen molar-refractivity contribution in [2.75, 3.05) is 0 Å². The Balaban J connectivity index is 1.63. The Kier molecular flexibility index (Phi) is 4.34. The third-order valence-electron chi connectivity index (χ3n) is 5.33. The van der Waals surface area contributed by atoms with E-state index in [0.29, 0.717) is 17.3 Å². The number of benzene rings is 1. The molecule has 0 aliphatic heterocycles. The summed E-state index contributed by atoms with van der Waals surface area (Å²) in [6.45, 7) is 7.75. The molecular formula is C21H24N4O2. The van der Waals surface area contributed by atoms with E-state index in [-0.39, 0.29) is 11.9 Å². The van der Waals surface area contributed by atoms with Gasteiger partial charge < -0.3 is 9.73 Å². The first-order valence-corrected chi connectivity index (χ1v) is 9.33. The molecule has 4 rings (SSSR count). The van der Waals surface area contributed by atoms with Crippen LogP contribution in [-0.2, 0) is 6.42 Å². The van der Waals surface area contributed by atoms with Gasteiger partial charge in [0.2, 0.25) is 5.76 Å². The van der Waals surface area contributed by atoms with Crippen molar-refractivity contribution in [3.63, 3.8) is 0 Å². The highest BCUT2D eigenvalue weighted by atomic mass is 16.4. The van der Waals surface area contributed by atoms with Crippen LogP contribution in [0.5, 0.6) is 0 Å². The van der Waals surface area contributed by atoms with Gasteiger partial charge >= 0.3 is 0 Å². The highest BCUT2D eigenvalue weighted by molar-refractivity contribution is 5.92. The molecule has 0 fully saturated rings. The van der Waals surface area contributed by atoms with Crippen LogP contribution in [0, 0.1) is 27.7 Å². The number of nitrogens with one attached hydrogen (secondary N) is 1. The van der Waals surface area contributed by atoms with E-state index < -0.39 is 0 Å². The summed E-state index contributed by atoms with van der Waals surface area (Å²) in [4.78, 5) is 16.8. The van der Waals surface area contributed by atoms with E-state index in [4.69, 9.17) is 4.42 Å². The number of carbonyl (C=O) groups is 1. The summed E-state index contributed by atoms with van der Waals surface area (Å²) >= 11 is 0. The van der Waals surface area contributed by atoms with Crippen LogP contribution >= 0.6 is 0 Å². The number of aryl methyl sites for hydroxylation is 4. The largest absolute Gasteiger partial charge is 0.436 e. The van der Waals surface area contributed by atoms with Crippen LogP contribution in [-0.4, -0.2) is 20.7 Å².